The first-order chi connectivity index (χ1) is 12.6. The third-order valence-electron chi connectivity index (χ3n) is 5.11. The monoisotopic (exact) mass is 353 g/mol. The van der Waals surface area contributed by atoms with E-state index in [-0.39, 0.29) is 5.91 Å². The van der Waals surface area contributed by atoms with Crippen molar-refractivity contribution in [2.45, 2.75) is 32.6 Å². The molecule has 136 valence electrons. The fourth-order valence-electron chi connectivity index (χ4n) is 3.81. The lowest BCUT2D eigenvalue weighted by atomic mass is 9.97. The molecule has 2 heterocycles. The lowest BCUT2D eigenvalue weighted by molar-refractivity contribution is -0.257. The van der Waals surface area contributed by atoms with Crippen molar-refractivity contribution in [2.24, 2.45) is 0 Å². The predicted octanol–water partition coefficient (Wildman–Crippen LogP) is 3.45. The molecule has 26 heavy (non-hydrogen) atoms. The van der Waals surface area contributed by atoms with Gasteiger partial charge in [0.2, 0.25) is 0 Å². The number of benzene rings is 2. The van der Waals surface area contributed by atoms with Crippen LogP contribution in [0.25, 0.3) is 0 Å². The van der Waals surface area contributed by atoms with Crippen LogP contribution in [0, 0.1) is 13.8 Å². The number of rotatable bonds is 3. The molecule has 0 radical (unpaired) electrons. The van der Waals surface area contributed by atoms with Crippen LogP contribution in [0.5, 0.6) is 5.75 Å². The molecule has 0 saturated carbocycles. The van der Waals surface area contributed by atoms with Crippen LogP contribution in [0.15, 0.2) is 36.4 Å². The summed E-state index contributed by atoms with van der Waals surface area (Å²) in [6.07, 6.45) is 0.799. The van der Waals surface area contributed by atoms with Gasteiger partial charge in [-0.05, 0) is 49.1 Å². The number of anilines is 1. The summed E-state index contributed by atoms with van der Waals surface area (Å²) in [4.78, 5) is 15.2. The summed E-state index contributed by atoms with van der Waals surface area (Å²) >= 11 is 0. The quantitative estimate of drug-likeness (QED) is 0.848. The van der Waals surface area contributed by atoms with E-state index in [4.69, 9.17) is 14.2 Å². The molecule has 5 nitrogen and oxygen atoms in total. The molecule has 2 aromatic rings. The summed E-state index contributed by atoms with van der Waals surface area (Å²) < 4.78 is 17.2. The predicted molar refractivity (Wildman–Crippen MR) is 98.3 cm³/mol. The van der Waals surface area contributed by atoms with E-state index < -0.39 is 5.79 Å². The van der Waals surface area contributed by atoms with Gasteiger partial charge in [0.15, 0.2) is 0 Å². The number of aryl methyl sites for hydroxylation is 2. The van der Waals surface area contributed by atoms with Crippen molar-refractivity contribution in [2.75, 3.05) is 25.2 Å². The largest absolute Gasteiger partial charge is 0.497 e. The van der Waals surface area contributed by atoms with Crippen molar-refractivity contribution in [3.8, 4) is 5.75 Å². The summed E-state index contributed by atoms with van der Waals surface area (Å²) in [6.45, 7) is 5.54. The summed E-state index contributed by atoms with van der Waals surface area (Å²) in [5.41, 5.74) is 4.85. The number of nitrogens with zero attached hydrogens (tertiary/aromatic N) is 1. The molecule has 0 aromatic heterocycles. The molecule has 0 bridgehead atoms. The Morgan fingerprint density at radius 1 is 1.04 bits per heavy atom. The minimum atomic E-state index is -1.30. The van der Waals surface area contributed by atoms with Crippen molar-refractivity contribution >= 4 is 11.6 Å². The molecule has 0 unspecified atom stereocenters. The second kappa shape index (κ2) is 6.41. The maximum Gasteiger partial charge on any atom is 0.292 e. The van der Waals surface area contributed by atoms with Gasteiger partial charge in [-0.25, -0.2) is 0 Å². The zero-order chi connectivity index (χ0) is 18.3. The highest BCUT2D eigenvalue weighted by molar-refractivity contribution is 6.07. The van der Waals surface area contributed by atoms with E-state index in [9.17, 15) is 4.79 Å². The maximum atomic E-state index is 13.4. The van der Waals surface area contributed by atoms with E-state index in [0.717, 1.165) is 40.1 Å². The summed E-state index contributed by atoms with van der Waals surface area (Å²) in [6, 6.07) is 11.8. The maximum absolute atomic E-state index is 13.4. The van der Waals surface area contributed by atoms with E-state index in [0.29, 0.717) is 19.8 Å². The minimum Gasteiger partial charge on any atom is -0.497 e. The second-order valence-corrected chi connectivity index (χ2v) is 6.83. The van der Waals surface area contributed by atoms with Gasteiger partial charge < -0.3 is 19.1 Å². The molecule has 0 N–H and O–H groups in total. The van der Waals surface area contributed by atoms with Gasteiger partial charge in [0.1, 0.15) is 5.75 Å². The molecule has 4 rings (SSSR count). The normalized spacial score (nSPS) is 18.3. The van der Waals surface area contributed by atoms with Crippen molar-refractivity contribution < 1.29 is 19.0 Å². The van der Waals surface area contributed by atoms with Gasteiger partial charge >= 0.3 is 0 Å². The van der Waals surface area contributed by atoms with Gasteiger partial charge in [-0.2, -0.15) is 0 Å². The molecule has 0 aliphatic carbocycles. The first-order valence-corrected chi connectivity index (χ1v) is 8.90. The Labute approximate surface area is 153 Å². The lowest BCUT2D eigenvalue weighted by Crippen LogP contribution is -2.47. The Morgan fingerprint density at radius 2 is 1.69 bits per heavy atom. The molecule has 1 spiro atoms. The zero-order valence-electron chi connectivity index (χ0n) is 15.4. The molecule has 0 atom stereocenters. The van der Waals surface area contributed by atoms with Crippen molar-refractivity contribution in [1.82, 2.24) is 0 Å². The Bertz CT molecular complexity index is 838. The Kier molecular flexibility index (Phi) is 4.21. The molecule has 2 aliphatic heterocycles. The zero-order valence-corrected chi connectivity index (χ0v) is 15.4. The van der Waals surface area contributed by atoms with Crippen LogP contribution in [0.3, 0.4) is 0 Å². The van der Waals surface area contributed by atoms with Crippen LogP contribution in [0.2, 0.25) is 0 Å². The van der Waals surface area contributed by atoms with E-state index in [2.05, 4.69) is 0 Å². The standard InChI is InChI=1S/C21H23NO4/c1-14-5-6-15(2)19-18(14)21(25-11-4-12-26-21)20(23)22(19)13-16-7-9-17(24-3)10-8-16/h5-10H,4,11-13H2,1-3H3. The van der Waals surface area contributed by atoms with Gasteiger partial charge in [0.25, 0.3) is 11.7 Å². The highest BCUT2D eigenvalue weighted by atomic mass is 16.7. The molecule has 2 aliphatic rings. The fourth-order valence-corrected chi connectivity index (χ4v) is 3.81. The number of amides is 1. The van der Waals surface area contributed by atoms with E-state index in [1.54, 1.807) is 12.0 Å². The molecule has 1 amide bonds. The molecule has 2 aromatic carbocycles. The van der Waals surface area contributed by atoms with E-state index in [1.807, 2.05) is 50.2 Å². The highest BCUT2D eigenvalue weighted by Gasteiger charge is 2.56. The molecular formula is C21H23NO4. The number of fused-ring (bicyclic) bond motifs is 2. The highest BCUT2D eigenvalue weighted by Crippen LogP contribution is 2.48. The van der Waals surface area contributed by atoms with Gasteiger partial charge in [-0.15, -0.1) is 0 Å². The van der Waals surface area contributed by atoms with Gasteiger partial charge in [0.05, 0.1) is 32.6 Å². The van der Waals surface area contributed by atoms with Gasteiger partial charge in [-0.1, -0.05) is 24.3 Å². The van der Waals surface area contributed by atoms with Crippen LogP contribution >= 0.6 is 0 Å². The van der Waals surface area contributed by atoms with Crippen LogP contribution < -0.4 is 9.64 Å². The molecule has 1 saturated heterocycles. The van der Waals surface area contributed by atoms with Crippen molar-refractivity contribution in [3.63, 3.8) is 0 Å². The summed E-state index contributed by atoms with van der Waals surface area (Å²) in [7, 11) is 1.64. The number of ether oxygens (including phenoxy) is 3. The van der Waals surface area contributed by atoms with Crippen LogP contribution in [-0.2, 0) is 26.6 Å². The molecule has 1 fully saturated rings. The average molecular weight is 353 g/mol. The van der Waals surface area contributed by atoms with Crippen LogP contribution in [0.4, 0.5) is 5.69 Å². The number of carbonyl (C=O) groups excluding carboxylic acids is 1. The topological polar surface area (TPSA) is 48.0 Å². The van der Waals surface area contributed by atoms with Crippen LogP contribution in [-0.4, -0.2) is 26.2 Å². The smallest absolute Gasteiger partial charge is 0.292 e. The lowest BCUT2D eigenvalue weighted by Gasteiger charge is -2.33. The Hall–Kier alpha value is -2.37. The third-order valence-corrected chi connectivity index (χ3v) is 5.11. The van der Waals surface area contributed by atoms with Crippen LogP contribution in [0.1, 0.15) is 28.7 Å². The summed E-state index contributed by atoms with van der Waals surface area (Å²) in [5, 5.41) is 0. The van der Waals surface area contributed by atoms with E-state index in [1.165, 1.54) is 0 Å². The first kappa shape index (κ1) is 17.1. The SMILES string of the molecule is COc1ccc(CN2C(=O)C3(OCCCO3)c3c(C)ccc(C)c32)cc1. The first-order valence-electron chi connectivity index (χ1n) is 8.90. The number of hydrogen-bond donors (Lipinski definition) is 0. The minimum absolute atomic E-state index is 0.139. The Morgan fingerprint density at radius 3 is 2.35 bits per heavy atom. The Balaban J connectivity index is 1.78. The average Bonchev–Trinajstić information content (AvgIpc) is 2.90. The number of hydrogen-bond acceptors (Lipinski definition) is 4. The fraction of sp³-hybridized carbons (Fsp3) is 0.381. The molecule has 5 heteroatoms. The van der Waals surface area contributed by atoms with Crippen molar-refractivity contribution in [1.29, 1.82) is 0 Å². The number of methoxy groups -OCH3 is 1. The van der Waals surface area contributed by atoms with Gasteiger partial charge in [0, 0.05) is 5.56 Å². The molecular weight excluding hydrogens is 330 g/mol. The van der Waals surface area contributed by atoms with E-state index >= 15 is 0 Å². The van der Waals surface area contributed by atoms with Crippen molar-refractivity contribution in [3.05, 3.63) is 58.7 Å². The second-order valence-electron chi connectivity index (χ2n) is 6.83. The number of carbonyl (C=O) groups is 1. The summed E-state index contributed by atoms with van der Waals surface area (Å²) in [5.74, 6) is -0.638. The van der Waals surface area contributed by atoms with Gasteiger partial charge in [-0.3, -0.25) is 4.79 Å². The third kappa shape index (κ3) is 2.50.